The Morgan fingerprint density at radius 2 is 1.93 bits per heavy atom. The van der Waals surface area contributed by atoms with Crippen LogP contribution >= 0.6 is 0 Å². The number of aromatic nitrogens is 1. The van der Waals surface area contributed by atoms with E-state index in [4.69, 9.17) is 15.2 Å². The number of rotatable bonds is 7. The minimum absolute atomic E-state index is 0.00244. The summed E-state index contributed by atoms with van der Waals surface area (Å²) in [5, 5.41) is 9.55. The van der Waals surface area contributed by atoms with E-state index >= 15 is 0 Å². The summed E-state index contributed by atoms with van der Waals surface area (Å²) in [6.07, 6.45) is 1.46. The summed E-state index contributed by atoms with van der Waals surface area (Å²) in [6, 6.07) is 3.11. The molecule has 0 radical (unpaired) electrons. The first-order valence-electron chi connectivity index (χ1n) is 9.24. The van der Waals surface area contributed by atoms with Crippen LogP contribution in [0.3, 0.4) is 0 Å². The number of carbonyl (C=O) groups excluding carboxylic acids is 1. The molecule has 3 atom stereocenters. The number of nitrogens with two attached hydrogens (primary N) is 1. The molecule has 1 fully saturated rings. The molecule has 0 bridgehead atoms. The number of hydrogen-bond donors (Lipinski definition) is 2. The van der Waals surface area contributed by atoms with Gasteiger partial charge in [-0.3, -0.25) is 9.59 Å². The van der Waals surface area contributed by atoms with Crippen molar-refractivity contribution < 1.29 is 28.2 Å². The zero-order chi connectivity index (χ0) is 22.0. The van der Waals surface area contributed by atoms with Crippen molar-refractivity contribution in [2.45, 2.75) is 18.0 Å². The number of methoxy groups -OCH3 is 2. The molecule has 3 N–H and O–H groups in total. The fraction of sp³-hybridized carbons (Fsp3) is 0.400. The van der Waals surface area contributed by atoms with Crippen LogP contribution in [0.1, 0.15) is 17.5 Å². The number of carbonyl (C=O) groups is 1. The van der Waals surface area contributed by atoms with Crippen LogP contribution < -0.4 is 20.9 Å². The van der Waals surface area contributed by atoms with E-state index in [-0.39, 0.29) is 36.8 Å². The molecule has 2 heterocycles. The van der Waals surface area contributed by atoms with Gasteiger partial charge in [-0.1, -0.05) is 0 Å². The minimum Gasteiger partial charge on any atom is -0.497 e. The van der Waals surface area contributed by atoms with E-state index in [0.717, 1.165) is 17.0 Å². The molecule has 0 spiro atoms. The molecule has 2 aromatic rings. The number of amides is 1. The second-order valence-corrected chi connectivity index (χ2v) is 6.98. The van der Waals surface area contributed by atoms with Crippen LogP contribution in [-0.2, 0) is 9.53 Å². The molecule has 1 amide bonds. The van der Waals surface area contributed by atoms with E-state index in [2.05, 4.69) is 0 Å². The molecule has 1 aromatic heterocycles. The Morgan fingerprint density at radius 1 is 1.27 bits per heavy atom. The summed E-state index contributed by atoms with van der Waals surface area (Å²) < 4.78 is 40.2. The van der Waals surface area contributed by atoms with E-state index in [0.29, 0.717) is 0 Å². The number of halogens is 2. The molecule has 1 aliphatic rings. The molecule has 162 valence electrons. The fourth-order valence-electron chi connectivity index (χ4n) is 3.68. The predicted molar refractivity (Wildman–Crippen MR) is 105 cm³/mol. The Labute approximate surface area is 171 Å². The van der Waals surface area contributed by atoms with Crippen molar-refractivity contribution in [3.05, 3.63) is 58.0 Å². The molecular weight excluding hydrogens is 400 g/mol. The molecular formula is C20H23F2N3O5. The van der Waals surface area contributed by atoms with Crippen LogP contribution in [0.2, 0.25) is 0 Å². The lowest BCUT2D eigenvalue weighted by atomic mass is 9.93. The lowest BCUT2D eigenvalue weighted by Crippen LogP contribution is -2.39. The normalized spacial score (nSPS) is 19.9. The van der Waals surface area contributed by atoms with Gasteiger partial charge in [-0.25, -0.2) is 8.78 Å². The highest BCUT2D eigenvalue weighted by atomic mass is 19.1. The van der Waals surface area contributed by atoms with Gasteiger partial charge in [0.1, 0.15) is 23.1 Å². The van der Waals surface area contributed by atoms with Gasteiger partial charge in [0.05, 0.1) is 32.4 Å². The minimum atomic E-state index is -1.23. The van der Waals surface area contributed by atoms with E-state index < -0.39 is 41.1 Å². The third kappa shape index (κ3) is 3.81. The van der Waals surface area contributed by atoms with E-state index in [1.54, 1.807) is 0 Å². The number of hydrogen-bond acceptors (Lipinski definition) is 6. The van der Waals surface area contributed by atoms with Crippen LogP contribution in [0, 0.1) is 11.6 Å². The first-order valence-corrected chi connectivity index (χ1v) is 9.24. The molecule has 0 saturated carbocycles. The maximum Gasteiger partial charge on any atom is 0.274 e. The number of benzene rings is 1. The lowest BCUT2D eigenvalue weighted by molar-refractivity contribution is -0.118. The van der Waals surface area contributed by atoms with Gasteiger partial charge >= 0.3 is 0 Å². The highest BCUT2D eigenvalue weighted by Crippen LogP contribution is 2.34. The van der Waals surface area contributed by atoms with E-state index in [1.165, 1.54) is 37.1 Å². The highest BCUT2D eigenvalue weighted by molar-refractivity contribution is 6.00. The number of ether oxygens (including phenoxy) is 2. The smallest absolute Gasteiger partial charge is 0.274 e. The standard InChI is InChI=1S/C20H23F2N3O5/c1-29-10-11(9-26)24-5-3-4-16(19(24)27)25-8-13(18(23)20(25)28)17-14(21)6-12(30-2)7-15(17)22/h3-7,11,13,18,26H,8-10,23H2,1-2H3/t11?,13-,18-/m0/s1. The Bertz CT molecular complexity index is 974. The number of aliphatic hydroxyl groups excluding tert-OH is 1. The maximum absolute atomic E-state index is 14.5. The van der Waals surface area contributed by atoms with Crippen LogP contribution in [0.25, 0.3) is 0 Å². The lowest BCUT2D eigenvalue weighted by Gasteiger charge is -2.21. The second-order valence-electron chi connectivity index (χ2n) is 6.98. The van der Waals surface area contributed by atoms with Crippen LogP contribution in [-0.4, -0.2) is 55.6 Å². The SMILES string of the molecule is COCC(CO)n1cccc(N2C[C@@H](c3c(F)cc(OC)cc3F)[C@H](N)C2=O)c1=O. The third-order valence-corrected chi connectivity index (χ3v) is 5.23. The zero-order valence-electron chi connectivity index (χ0n) is 16.5. The van der Waals surface area contributed by atoms with Crippen LogP contribution in [0.15, 0.2) is 35.3 Å². The summed E-state index contributed by atoms with van der Waals surface area (Å²) in [4.78, 5) is 26.8. The number of pyridine rings is 1. The molecule has 30 heavy (non-hydrogen) atoms. The average Bonchev–Trinajstić information content (AvgIpc) is 3.01. The fourth-order valence-corrected chi connectivity index (χ4v) is 3.68. The summed E-state index contributed by atoms with van der Waals surface area (Å²) in [7, 11) is 2.72. The highest BCUT2D eigenvalue weighted by Gasteiger charge is 2.43. The first kappa shape index (κ1) is 21.9. The molecule has 1 unspecified atom stereocenters. The predicted octanol–water partition coefficient (Wildman–Crippen LogP) is 0.773. The van der Waals surface area contributed by atoms with Crippen LogP contribution in [0.4, 0.5) is 14.5 Å². The van der Waals surface area contributed by atoms with Gasteiger partial charge in [0, 0.05) is 43.5 Å². The van der Waals surface area contributed by atoms with Gasteiger partial charge in [-0.2, -0.15) is 0 Å². The summed E-state index contributed by atoms with van der Waals surface area (Å²) >= 11 is 0. The number of nitrogens with zero attached hydrogens (tertiary/aromatic N) is 2. The van der Waals surface area contributed by atoms with Crippen molar-refractivity contribution in [2.75, 3.05) is 38.9 Å². The Morgan fingerprint density at radius 3 is 2.50 bits per heavy atom. The van der Waals surface area contributed by atoms with Crippen molar-refractivity contribution in [2.24, 2.45) is 5.73 Å². The van der Waals surface area contributed by atoms with Crippen molar-refractivity contribution in [1.82, 2.24) is 4.57 Å². The molecule has 8 nitrogen and oxygen atoms in total. The third-order valence-electron chi connectivity index (χ3n) is 5.23. The van der Waals surface area contributed by atoms with Crippen molar-refractivity contribution in [1.29, 1.82) is 0 Å². The maximum atomic E-state index is 14.5. The van der Waals surface area contributed by atoms with E-state index in [9.17, 15) is 23.5 Å². The number of anilines is 1. The monoisotopic (exact) mass is 423 g/mol. The first-order chi connectivity index (χ1) is 14.3. The van der Waals surface area contributed by atoms with Gasteiger partial charge < -0.3 is 29.8 Å². The zero-order valence-corrected chi connectivity index (χ0v) is 16.5. The molecule has 3 rings (SSSR count). The summed E-state index contributed by atoms with van der Waals surface area (Å²) in [5.41, 5.74) is 5.11. The topological polar surface area (TPSA) is 107 Å². The molecule has 0 aliphatic carbocycles. The summed E-state index contributed by atoms with van der Waals surface area (Å²) in [6.45, 7) is -0.443. The van der Waals surface area contributed by atoms with Gasteiger partial charge in [0.15, 0.2) is 0 Å². The molecule has 1 aromatic carbocycles. The quantitative estimate of drug-likeness (QED) is 0.682. The van der Waals surface area contributed by atoms with Crippen LogP contribution in [0.5, 0.6) is 5.75 Å². The Kier molecular flexibility index (Phi) is 6.49. The van der Waals surface area contributed by atoms with Gasteiger partial charge in [0.2, 0.25) is 5.91 Å². The molecule has 1 saturated heterocycles. The van der Waals surface area contributed by atoms with Gasteiger partial charge in [-0.15, -0.1) is 0 Å². The second kappa shape index (κ2) is 8.90. The van der Waals surface area contributed by atoms with Crippen molar-refractivity contribution in [3.63, 3.8) is 0 Å². The van der Waals surface area contributed by atoms with Crippen molar-refractivity contribution in [3.8, 4) is 5.75 Å². The molecule has 10 heteroatoms. The molecule has 1 aliphatic heterocycles. The van der Waals surface area contributed by atoms with E-state index in [1.807, 2.05) is 0 Å². The largest absolute Gasteiger partial charge is 0.497 e. The van der Waals surface area contributed by atoms with Gasteiger partial charge in [0.25, 0.3) is 5.56 Å². The summed E-state index contributed by atoms with van der Waals surface area (Å²) in [5.74, 6) is -3.39. The van der Waals surface area contributed by atoms with Gasteiger partial charge in [-0.05, 0) is 12.1 Å². The number of aliphatic hydroxyl groups is 1. The Hall–Kier alpha value is -2.82. The average molecular weight is 423 g/mol. The Balaban J connectivity index is 1.99. The van der Waals surface area contributed by atoms with Crippen molar-refractivity contribution >= 4 is 11.6 Å².